The maximum atomic E-state index is 13.2. The van der Waals surface area contributed by atoms with E-state index in [4.69, 9.17) is 19.1 Å². The predicted molar refractivity (Wildman–Crippen MR) is 141 cm³/mol. The predicted octanol–water partition coefficient (Wildman–Crippen LogP) is 3.55. The van der Waals surface area contributed by atoms with Crippen molar-refractivity contribution in [2.75, 3.05) is 13.1 Å². The highest BCUT2D eigenvalue weighted by molar-refractivity contribution is 5.88. The van der Waals surface area contributed by atoms with Crippen LogP contribution in [0.1, 0.15) is 66.4 Å². The van der Waals surface area contributed by atoms with Gasteiger partial charge in [-0.25, -0.2) is 29.7 Å². The average molecular weight is 562 g/mol. The van der Waals surface area contributed by atoms with Crippen LogP contribution in [0.3, 0.4) is 0 Å². The van der Waals surface area contributed by atoms with Crippen LogP contribution in [0.25, 0.3) is 0 Å². The summed E-state index contributed by atoms with van der Waals surface area (Å²) in [6.45, 7) is 11.0. The molecule has 3 aliphatic rings. The summed E-state index contributed by atoms with van der Waals surface area (Å²) in [7, 11) is 0. The van der Waals surface area contributed by atoms with Crippen LogP contribution in [0.4, 0.5) is 14.4 Å². The van der Waals surface area contributed by atoms with Crippen LogP contribution in [0.2, 0.25) is 0 Å². The fourth-order valence-corrected chi connectivity index (χ4v) is 4.73. The third kappa shape index (κ3) is 6.94. The Labute approximate surface area is 234 Å². The van der Waals surface area contributed by atoms with Gasteiger partial charge >= 0.3 is 18.2 Å². The molecule has 3 aliphatic heterocycles. The highest BCUT2D eigenvalue weighted by atomic mass is 16.7. The minimum absolute atomic E-state index is 0.109. The molecule has 1 aromatic carbocycles. The van der Waals surface area contributed by atoms with E-state index in [2.05, 4.69) is 5.48 Å². The molecule has 0 saturated carbocycles. The van der Waals surface area contributed by atoms with Crippen molar-refractivity contribution in [3.63, 3.8) is 0 Å². The number of piperidine rings is 1. The van der Waals surface area contributed by atoms with E-state index in [9.17, 15) is 19.2 Å². The van der Waals surface area contributed by atoms with Crippen LogP contribution in [-0.4, -0.2) is 86.7 Å². The molecule has 220 valence electrons. The molecule has 3 saturated heterocycles. The number of nitrogens with one attached hydrogen (secondary N) is 1. The summed E-state index contributed by atoms with van der Waals surface area (Å²) in [5.74, 6) is -0.531. The minimum atomic E-state index is -1.03. The van der Waals surface area contributed by atoms with Crippen molar-refractivity contribution in [2.45, 2.75) is 96.9 Å². The standard InChI is InChI=1S/C27H39N5O8/c1-26(2,3)38-24(35)30-15-14-21(31(30)25(36)39-27(4,5)6)40-28-22(33)20-13-12-19-16-29(20)23(34)32(19)37-17-18-10-8-7-9-11-18/h7-11,19-21H,12-17H2,1-6H3,(H,28,33)/t19-,20+,21?/m1/s1. The summed E-state index contributed by atoms with van der Waals surface area (Å²) in [5, 5.41) is 3.46. The molecule has 1 aromatic rings. The Bertz CT molecular complexity index is 1100. The molecule has 3 fully saturated rings. The first-order chi connectivity index (χ1) is 18.7. The lowest BCUT2D eigenvalue weighted by Crippen LogP contribution is -2.54. The number of hydrogen-bond donors (Lipinski definition) is 1. The quantitative estimate of drug-likeness (QED) is 0.522. The van der Waals surface area contributed by atoms with Gasteiger partial charge in [0, 0.05) is 13.0 Å². The topological polar surface area (TPSA) is 130 Å². The number of hydroxylamine groups is 3. The third-order valence-electron chi connectivity index (χ3n) is 6.44. The normalized spacial score (nSPS) is 22.9. The number of carbonyl (C=O) groups excluding carboxylic acids is 4. The van der Waals surface area contributed by atoms with Gasteiger partial charge in [-0.3, -0.25) is 9.63 Å². The maximum Gasteiger partial charge on any atom is 0.432 e. The summed E-state index contributed by atoms with van der Waals surface area (Å²) < 4.78 is 10.9. The van der Waals surface area contributed by atoms with Gasteiger partial charge in [0.05, 0.1) is 12.6 Å². The van der Waals surface area contributed by atoms with Crippen molar-refractivity contribution in [3.8, 4) is 0 Å². The Kier molecular flexibility index (Phi) is 8.45. The molecule has 0 spiro atoms. The SMILES string of the molecule is CC(C)(C)OC(=O)N1CCC(ONC(=O)[C@@H]2CC[C@@H]3CN2C(=O)N3OCc2ccccc2)N1C(=O)OC(C)(C)C. The molecular weight excluding hydrogens is 522 g/mol. The molecule has 2 bridgehead atoms. The molecule has 4 rings (SSSR count). The van der Waals surface area contributed by atoms with Crippen LogP contribution in [0, 0.1) is 0 Å². The number of hydrogen-bond acceptors (Lipinski definition) is 8. The highest BCUT2D eigenvalue weighted by Crippen LogP contribution is 2.31. The Balaban J connectivity index is 1.38. The van der Waals surface area contributed by atoms with Crippen LogP contribution in [0.15, 0.2) is 30.3 Å². The monoisotopic (exact) mass is 561 g/mol. The zero-order chi connectivity index (χ0) is 29.2. The van der Waals surface area contributed by atoms with Crippen LogP contribution < -0.4 is 5.48 Å². The summed E-state index contributed by atoms with van der Waals surface area (Å²) in [6.07, 6.45) is -1.39. The molecule has 0 radical (unpaired) electrons. The molecule has 0 aromatic heterocycles. The van der Waals surface area contributed by atoms with Crippen molar-refractivity contribution in [2.24, 2.45) is 0 Å². The van der Waals surface area contributed by atoms with Gasteiger partial charge in [-0.15, -0.1) is 0 Å². The lowest BCUT2D eigenvalue weighted by atomic mass is 10.0. The number of fused-ring (bicyclic) bond motifs is 2. The Morgan fingerprint density at radius 3 is 2.23 bits per heavy atom. The number of amides is 5. The fourth-order valence-electron chi connectivity index (χ4n) is 4.73. The molecule has 13 nitrogen and oxygen atoms in total. The van der Waals surface area contributed by atoms with Crippen molar-refractivity contribution >= 4 is 24.1 Å². The van der Waals surface area contributed by atoms with Crippen LogP contribution in [0.5, 0.6) is 0 Å². The number of nitrogens with zero attached hydrogens (tertiary/aromatic N) is 4. The van der Waals surface area contributed by atoms with Gasteiger partial charge in [0.1, 0.15) is 23.9 Å². The molecule has 40 heavy (non-hydrogen) atoms. The number of benzene rings is 1. The summed E-state index contributed by atoms with van der Waals surface area (Å²) >= 11 is 0. The lowest BCUT2D eigenvalue weighted by molar-refractivity contribution is -0.164. The van der Waals surface area contributed by atoms with Gasteiger partial charge in [-0.1, -0.05) is 30.3 Å². The Morgan fingerprint density at radius 2 is 1.57 bits per heavy atom. The Hall–Kier alpha value is -3.58. The fraction of sp³-hybridized carbons (Fsp3) is 0.630. The van der Waals surface area contributed by atoms with Crippen molar-refractivity contribution in [1.29, 1.82) is 0 Å². The van der Waals surface area contributed by atoms with E-state index < -0.39 is 41.6 Å². The van der Waals surface area contributed by atoms with Crippen molar-refractivity contribution in [1.82, 2.24) is 25.5 Å². The molecule has 1 N–H and O–H groups in total. The summed E-state index contributed by atoms with van der Waals surface area (Å²) in [6, 6.07) is 8.21. The van der Waals surface area contributed by atoms with Gasteiger partial charge in [0.15, 0.2) is 6.23 Å². The largest absolute Gasteiger partial charge is 0.442 e. The average Bonchev–Trinajstić information content (AvgIpc) is 3.39. The number of urea groups is 1. The van der Waals surface area contributed by atoms with Gasteiger partial charge in [0.2, 0.25) is 0 Å². The highest BCUT2D eigenvalue weighted by Gasteiger charge is 2.49. The van der Waals surface area contributed by atoms with Crippen LogP contribution >= 0.6 is 0 Å². The molecule has 13 heteroatoms. The second-order valence-corrected chi connectivity index (χ2v) is 12.0. The zero-order valence-electron chi connectivity index (χ0n) is 23.9. The van der Waals surface area contributed by atoms with E-state index in [-0.39, 0.29) is 31.6 Å². The summed E-state index contributed by atoms with van der Waals surface area (Å²) in [5.41, 5.74) is 1.71. The van der Waals surface area contributed by atoms with E-state index in [1.165, 1.54) is 9.96 Å². The second-order valence-electron chi connectivity index (χ2n) is 12.0. The zero-order valence-corrected chi connectivity index (χ0v) is 23.9. The number of rotatable bonds is 6. The van der Waals surface area contributed by atoms with Crippen molar-refractivity contribution in [3.05, 3.63) is 35.9 Å². The second kappa shape index (κ2) is 11.5. The molecule has 3 heterocycles. The van der Waals surface area contributed by atoms with E-state index in [0.29, 0.717) is 19.4 Å². The number of hydrazine groups is 1. The Morgan fingerprint density at radius 1 is 0.925 bits per heavy atom. The van der Waals surface area contributed by atoms with E-state index in [0.717, 1.165) is 15.6 Å². The van der Waals surface area contributed by atoms with E-state index in [1.54, 1.807) is 41.5 Å². The first kappa shape index (κ1) is 29.4. The van der Waals surface area contributed by atoms with E-state index >= 15 is 0 Å². The molecule has 5 amide bonds. The smallest absolute Gasteiger partial charge is 0.432 e. The van der Waals surface area contributed by atoms with Crippen molar-refractivity contribution < 1.29 is 38.3 Å². The van der Waals surface area contributed by atoms with Crippen LogP contribution in [-0.2, 0) is 30.6 Å². The lowest BCUT2D eigenvalue weighted by Gasteiger charge is -2.34. The third-order valence-corrected chi connectivity index (χ3v) is 6.44. The van der Waals surface area contributed by atoms with Gasteiger partial charge in [-0.2, -0.15) is 10.1 Å². The number of carbonyl (C=O) groups is 4. The first-order valence-electron chi connectivity index (χ1n) is 13.5. The van der Waals surface area contributed by atoms with E-state index in [1.807, 2.05) is 30.3 Å². The first-order valence-corrected chi connectivity index (χ1v) is 13.5. The van der Waals surface area contributed by atoms with Gasteiger partial charge in [-0.05, 0) is 59.9 Å². The van der Waals surface area contributed by atoms with Gasteiger partial charge in [0.25, 0.3) is 5.91 Å². The minimum Gasteiger partial charge on any atom is -0.442 e. The van der Waals surface area contributed by atoms with Gasteiger partial charge < -0.3 is 14.4 Å². The molecule has 0 aliphatic carbocycles. The molecule has 3 atom stereocenters. The number of ether oxygens (including phenoxy) is 2. The molecular formula is C27H39N5O8. The molecule has 1 unspecified atom stereocenters. The maximum absolute atomic E-state index is 13.2. The summed E-state index contributed by atoms with van der Waals surface area (Å²) in [4.78, 5) is 65.0.